The van der Waals surface area contributed by atoms with Crippen molar-refractivity contribution >= 4 is 17.1 Å². The van der Waals surface area contributed by atoms with Gasteiger partial charge in [-0.1, -0.05) is 44.2 Å². The molecular formula is C15H17NOS. The number of carbonyl (C=O) groups is 1. The van der Waals surface area contributed by atoms with Crippen LogP contribution in [0, 0.1) is 5.92 Å². The molecule has 0 amide bonds. The van der Waals surface area contributed by atoms with Crippen LogP contribution in [-0.4, -0.2) is 10.8 Å². The average Bonchev–Trinajstić information content (AvgIpc) is 2.87. The molecule has 2 nitrogen and oxygen atoms in total. The highest BCUT2D eigenvalue weighted by atomic mass is 32.1. The van der Waals surface area contributed by atoms with Gasteiger partial charge in [0.05, 0.1) is 12.1 Å². The molecule has 0 N–H and O–H groups in total. The Kier molecular flexibility index (Phi) is 4.26. The Morgan fingerprint density at radius 2 is 2.06 bits per heavy atom. The number of nitrogens with zero attached hydrogens (tertiary/aromatic N) is 1. The molecule has 2 aromatic rings. The van der Waals surface area contributed by atoms with E-state index in [-0.39, 0.29) is 11.7 Å². The van der Waals surface area contributed by atoms with E-state index < -0.39 is 0 Å². The summed E-state index contributed by atoms with van der Waals surface area (Å²) in [6.45, 7) is 4.02. The van der Waals surface area contributed by atoms with Crippen LogP contribution in [0.25, 0.3) is 11.3 Å². The first-order valence-corrected chi connectivity index (χ1v) is 7.11. The van der Waals surface area contributed by atoms with Crippen LogP contribution in [0.3, 0.4) is 0 Å². The first-order valence-electron chi connectivity index (χ1n) is 6.23. The molecule has 0 bridgehead atoms. The van der Waals surface area contributed by atoms with E-state index in [0.717, 1.165) is 22.7 Å². The number of hydrogen-bond donors (Lipinski definition) is 0. The minimum absolute atomic E-state index is 0.133. The van der Waals surface area contributed by atoms with E-state index >= 15 is 0 Å². The Morgan fingerprint density at radius 1 is 1.33 bits per heavy atom. The number of Topliss-reactive ketones (excluding diaryl/α,β-unsaturated/α-hetero) is 1. The zero-order valence-corrected chi connectivity index (χ0v) is 11.5. The number of thiazole rings is 1. The van der Waals surface area contributed by atoms with E-state index in [0.29, 0.717) is 6.42 Å². The molecule has 0 aliphatic carbocycles. The fourth-order valence-corrected chi connectivity index (χ4v) is 2.50. The molecular weight excluding hydrogens is 242 g/mol. The first kappa shape index (κ1) is 13.0. The van der Waals surface area contributed by atoms with E-state index in [2.05, 4.69) is 4.98 Å². The molecule has 3 heteroatoms. The minimum atomic E-state index is 0.133. The number of aromatic nitrogens is 1. The van der Waals surface area contributed by atoms with Gasteiger partial charge in [-0.15, -0.1) is 11.3 Å². The maximum atomic E-state index is 11.9. The number of rotatable bonds is 5. The first-order chi connectivity index (χ1) is 8.70. The summed E-state index contributed by atoms with van der Waals surface area (Å²) in [5.74, 6) is 0.417. The number of hydrogen-bond acceptors (Lipinski definition) is 3. The Bertz CT molecular complexity index is 518. The Labute approximate surface area is 112 Å². The number of benzene rings is 1. The van der Waals surface area contributed by atoms with Crippen molar-refractivity contribution in [2.75, 3.05) is 0 Å². The average molecular weight is 259 g/mol. The second-order valence-corrected chi connectivity index (χ2v) is 5.39. The number of ketones is 1. The lowest BCUT2D eigenvalue weighted by atomic mass is 10.0. The van der Waals surface area contributed by atoms with Gasteiger partial charge in [-0.2, -0.15) is 0 Å². The highest BCUT2D eigenvalue weighted by Gasteiger charge is 2.13. The summed E-state index contributed by atoms with van der Waals surface area (Å²) >= 11 is 1.57. The Balaban J connectivity index is 2.10. The van der Waals surface area contributed by atoms with Gasteiger partial charge in [-0.3, -0.25) is 4.79 Å². The summed E-state index contributed by atoms with van der Waals surface area (Å²) in [4.78, 5) is 16.4. The maximum absolute atomic E-state index is 11.9. The third-order valence-electron chi connectivity index (χ3n) is 3.11. The van der Waals surface area contributed by atoms with Crippen molar-refractivity contribution in [3.05, 3.63) is 40.7 Å². The highest BCUT2D eigenvalue weighted by molar-refractivity contribution is 7.10. The molecule has 0 spiro atoms. The fraction of sp³-hybridized carbons (Fsp3) is 0.333. The Morgan fingerprint density at radius 3 is 2.72 bits per heavy atom. The number of carbonyl (C=O) groups excluding carboxylic acids is 1. The molecule has 0 unspecified atom stereocenters. The second kappa shape index (κ2) is 5.91. The van der Waals surface area contributed by atoms with Crippen LogP contribution in [0.2, 0.25) is 0 Å². The van der Waals surface area contributed by atoms with E-state index in [9.17, 15) is 4.79 Å². The standard InChI is InChI=1S/C15H17NOS/c1-3-11(2)14(17)9-15-16-13(10-18-15)12-7-5-4-6-8-12/h4-8,10-11H,3,9H2,1-2H3/t11-/m0/s1. The van der Waals surface area contributed by atoms with E-state index in [1.165, 1.54) is 0 Å². The molecule has 0 radical (unpaired) electrons. The highest BCUT2D eigenvalue weighted by Crippen LogP contribution is 2.22. The summed E-state index contributed by atoms with van der Waals surface area (Å²) in [5.41, 5.74) is 2.07. The van der Waals surface area contributed by atoms with Crippen molar-refractivity contribution in [2.45, 2.75) is 26.7 Å². The zero-order chi connectivity index (χ0) is 13.0. The van der Waals surface area contributed by atoms with E-state index in [4.69, 9.17) is 0 Å². The van der Waals surface area contributed by atoms with Crippen molar-refractivity contribution in [1.29, 1.82) is 0 Å². The van der Waals surface area contributed by atoms with Crippen LogP contribution in [0.15, 0.2) is 35.7 Å². The third-order valence-corrected chi connectivity index (χ3v) is 3.96. The molecule has 0 aliphatic rings. The zero-order valence-electron chi connectivity index (χ0n) is 10.7. The van der Waals surface area contributed by atoms with Crippen LogP contribution in [0.1, 0.15) is 25.3 Å². The summed E-state index contributed by atoms with van der Waals surface area (Å²) in [5, 5.41) is 2.94. The molecule has 0 aliphatic heterocycles. The van der Waals surface area contributed by atoms with Crippen LogP contribution < -0.4 is 0 Å². The third kappa shape index (κ3) is 3.05. The molecule has 1 aromatic heterocycles. The summed E-state index contributed by atoms with van der Waals surface area (Å²) in [6, 6.07) is 10.1. The van der Waals surface area contributed by atoms with E-state index in [1.54, 1.807) is 11.3 Å². The van der Waals surface area contributed by atoms with Gasteiger partial charge >= 0.3 is 0 Å². The van der Waals surface area contributed by atoms with Crippen molar-refractivity contribution in [3.8, 4) is 11.3 Å². The lowest BCUT2D eigenvalue weighted by Gasteiger charge is -2.04. The fourth-order valence-electron chi connectivity index (χ4n) is 1.68. The lowest BCUT2D eigenvalue weighted by Crippen LogP contribution is -2.12. The van der Waals surface area contributed by atoms with Crippen LogP contribution in [-0.2, 0) is 11.2 Å². The van der Waals surface area contributed by atoms with Crippen molar-refractivity contribution in [1.82, 2.24) is 4.98 Å². The second-order valence-electron chi connectivity index (χ2n) is 4.44. The summed E-state index contributed by atoms with van der Waals surface area (Å²) in [6.07, 6.45) is 1.36. The van der Waals surface area contributed by atoms with Gasteiger partial charge in [-0.05, 0) is 6.42 Å². The van der Waals surface area contributed by atoms with Crippen LogP contribution in [0.5, 0.6) is 0 Å². The predicted octanol–water partition coefficient (Wildman–Crippen LogP) is 3.97. The monoisotopic (exact) mass is 259 g/mol. The predicted molar refractivity (Wildman–Crippen MR) is 75.7 cm³/mol. The quantitative estimate of drug-likeness (QED) is 0.813. The molecule has 18 heavy (non-hydrogen) atoms. The van der Waals surface area contributed by atoms with Crippen molar-refractivity contribution in [3.63, 3.8) is 0 Å². The minimum Gasteiger partial charge on any atom is -0.299 e. The molecule has 1 aromatic carbocycles. The van der Waals surface area contributed by atoms with Gasteiger partial charge in [-0.25, -0.2) is 4.98 Å². The van der Waals surface area contributed by atoms with Crippen molar-refractivity contribution < 1.29 is 4.79 Å². The topological polar surface area (TPSA) is 30.0 Å². The smallest absolute Gasteiger partial charge is 0.142 e. The molecule has 2 rings (SSSR count). The van der Waals surface area contributed by atoms with Crippen molar-refractivity contribution in [2.24, 2.45) is 5.92 Å². The summed E-state index contributed by atoms with van der Waals surface area (Å²) in [7, 11) is 0. The molecule has 1 heterocycles. The van der Waals surface area contributed by atoms with Gasteiger partial charge in [0.2, 0.25) is 0 Å². The Hall–Kier alpha value is -1.48. The van der Waals surface area contributed by atoms with Gasteiger partial charge in [0.15, 0.2) is 0 Å². The normalized spacial score (nSPS) is 12.3. The molecule has 0 saturated carbocycles. The molecule has 0 fully saturated rings. The van der Waals surface area contributed by atoms with Gasteiger partial charge in [0.25, 0.3) is 0 Å². The van der Waals surface area contributed by atoms with E-state index in [1.807, 2.05) is 49.6 Å². The maximum Gasteiger partial charge on any atom is 0.142 e. The largest absolute Gasteiger partial charge is 0.299 e. The summed E-state index contributed by atoms with van der Waals surface area (Å²) < 4.78 is 0. The van der Waals surface area contributed by atoms with Crippen LogP contribution in [0.4, 0.5) is 0 Å². The van der Waals surface area contributed by atoms with Gasteiger partial charge in [0, 0.05) is 16.9 Å². The SMILES string of the molecule is CC[C@H](C)C(=O)Cc1nc(-c2ccccc2)cs1. The molecule has 94 valence electrons. The van der Waals surface area contributed by atoms with Gasteiger partial charge < -0.3 is 0 Å². The molecule has 0 saturated heterocycles. The van der Waals surface area contributed by atoms with Crippen LogP contribution >= 0.6 is 11.3 Å². The van der Waals surface area contributed by atoms with Gasteiger partial charge in [0.1, 0.15) is 10.8 Å². The molecule has 1 atom stereocenters. The lowest BCUT2D eigenvalue weighted by molar-refractivity contribution is -0.121.